The van der Waals surface area contributed by atoms with Crippen LogP contribution < -0.4 is 10.6 Å². The van der Waals surface area contributed by atoms with Gasteiger partial charge in [-0.15, -0.1) is 0 Å². The Morgan fingerprint density at radius 1 is 1.09 bits per heavy atom. The third-order valence-electron chi connectivity index (χ3n) is 6.94. The number of nitrogens with one attached hydrogen (secondary N) is 2. The molecule has 8 heteroatoms. The van der Waals surface area contributed by atoms with Gasteiger partial charge in [0.05, 0.1) is 12.0 Å². The van der Waals surface area contributed by atoms with Gasteiger partial charge in [0.1, 0.15) is 12.6 Å². The Balaban J connectivity index is 1.40. The maximum Gasteiger partial charge on any atom is 0.407 e. The SMILES string of the molecule is CC(C)[C@H](NC(=O)C1(CNC(=O)OCC2c3ccccc3-c3ccccc32)CCCOC1)C(=O)O. The summed E-state index contributed by atoms with van der Waals surface area (Å²) in [6, 6.07) is 15.2. The smallest absolute Gasteiger partial charge is 0.407 e. The molecule has 0 bridgehead atoms. The van der Waals surface area contributed by atoms with Crippen molar-refractivity contribution in [3.63, 3.8) is 0 Å². The van der Waals surface area contributed by atoms with E-state index in [-0.39, 0.29) is 31.6 Å². The number of fused-ring (bicyclic) bond motifs is 3. The molecule has 2 atom stereocenters. The fourth-order valence-electron chi connectivity index (χ4n) is 4.95. The van der Waals surface area contributed by atoms with Crippen LogP contribution in [0.4, 0.5) is 4.79 Å². The summed E-state index contributed by atoms with van der Waals surface area (Å²) in [5, 5.41) is 14.8. The number of rotatable bonds is 8. The van der Waals surface area contributed by atoms with Crippen molar-refractivity contribution in [2.24, 2.45) is 11.3 Å². The number of carboxylic acids is 1. The van der Waals surface area contributed by atoms with E-state index in [9.17, 15) is 19.5 Å². The zero-order valence-corrected chi connectivity index (χ0v) is 20.1. The zero-order valence-electron chi connectivity index (χ0n) is 20.1. The highest BCUT2D eigenvalue weighted by atomic mass is 16.5. The van der Waals surface area contributed by atoms with Crippen LogP contribution in [-0.4, -0.2) is 55.5 Å². The maximum atomic E-state index is 13.1. The number of hydrogen-bond donors (Lipinski definition) is 3. The van der Waals surface area contributed by atoms with E-state index in [0.29, 0.717) is 19.4 Å². The van der Waals surface area contributed by atoms with Crippen LogP contribution in [0.15, 0.2) is 48.5 Å². The Hall–Kier alpha value is -3.39. The highest BCUT2D eigenvalue weighted by Gasteiger charge is 2.43. The van der Waals surface area contributed by atoms with Crippen molar-refractivity contribution in [1.29, 1.82) is 0 Å². The van der Waals surface area contributed by atoms with Crippen LogP contribution in [0.25, 0.3) is 11.1 Å². The van der Waals surface area contributed by atoms with Gasteiger partial charge in [0.15, 0.2) is 0 Å². The van der Waals surface area contributed by atoms with Crippen LogP contribution in [0.2, 0.25) is 0 Å². The third kappa shape index (κ3) is 5.17. The minimum absolute atomic E-state index is 0.0000579. The van der Waals surface area contributed by atoms with Gasteiger partial charge in [-0.2, -0.15) is 0 Å². The van der Waals surface area contributed by atoms with E-state index in [1.807, 2.05) is 36.4 Å². The summed E-state index contributed by atoms with van der Waals surface area (Å²) in [5.41, 5.74) is 3.47. The molecular weight excluding hydrogens is 448 g/mol. The van der Waals surface area contributed by atoms with Gasteiger partial charge in [-0.25, -0.2) is 9.59 Å². The van der Waals surface area contributed by atoms with Crippen LogP contribution >= 0.6 is 0 Å². The fourth-order valence-corrected chi connectivity index (χ4v) is 4.95. The highest BCUT2D eigenvalue weighted by molar-refractivity contribution is 5.88. The van der Waals surface area contributed by atoms with Gasteiger partial charge in [-0.05, 0) is 41.0 Å². The van der Waals surface area contributed by atoms with Crippen molar-refractivity contribution in [3.8, 4) is 11.1 Å². The molecule has 1 aliphatic heterocycles. The van der Waals surface area contributed by atoms with E-state index in [4.69, 9.17) is 9.47 Å². The zero-order chi connectivity index (χ0) is 25.0. The topological polar surface area (TPSA) is 114 Å². The third-order valence-corrected chi connectivity index (χ3v) is 6.94. The van der Waals surface area contributed by atoms with Gasteiger partial charge in [0.2, 0.25) is 5.91 Å². The molecular formula is C27H32N2O6. The fraction of sp³-hybridized carbons (Fsp3) is 0.444. The van der Waals surface area contributed by atoms with E-state index >= 15 is 0 Å². The molecule has 8 nitrogen and oxygen atoms in total. The molecule has 1 heterocycles. The summed E-state index contributed by atoms with van der Waals surface area (Å²) < 4.78 is 11.2. The van der Waals surface area contributed by atoms with Gasteiger partial charge in [0, 0.05) is 19.1 Å². The number of carbonyl (C=O) groups is 3. The van der Waals surface area contributed by atoms with E-state index in [2.05, 4.69) is 22.8 Å². The molecule has 0 saturated carbocycles. The predicted octanol–water partition coefficient (Wildman–Crippen LogP) is 3.55. The van der Waals surface area contributed by atoms with E-state index in [0.717, 1.165) is 22.3 Å². The lowest BCUT2D eigenvalue weighted by Gasteiger charge is -2.36. The maximum absolute atomic E-state index is 13.1. The molecule has 0 aromatic heterocycles. The number of aliphatic carboxylic acids is 1. The number of amides is 2. The molecule has 2 amide bonds. The first-order chi connectivity index (χ1) is 16.8. The first kappa shape index (κ1) is 24.7. The van der Waals surface area contributed by atoms with Crippen LogP contribution in [0.1, 0.15) is 43.7 Å². The van der Waals surface area contributed by atoms with Gasteiger partial charge >= 0.3 is 12.1 Å². The van der Waals surface area contributed by atoms with Gasteiger partial charge in [0.25, 0.3) is 0 Å². The number of benzene rings is 2. The molecule has 0 radical (unpaired) electrons. The summed E-state index contributed by atoms with van der Waals surface area (Å²) in [7, 11) is 0. The summed E-state index contributed by atoms with van der Waals surface area (Å²) in [5.74, 6) is -1.87. The van der Waals surface area contributed by atoms with Crippen LogP contribution in [0, 0.1) is 11.3 Å². The molecule has 1 fully saturated rings. The predicted molar refractivity (Wildman–Crippen MR) is 130 cm³/mol. The quantitative estimate of drug-likeness (QED) is 0.533. The molecule has 2 aliphatic rings. The van der Waals surface area contributed by atoms with E-state index in [1.165, 1.54) is 0 Å². The number of carbonyl (C=O) groups excluding carboxylic acids is 2. The first-order valence-electron chi connectivity index (χ1n) is 12.0. The molecule has 2 aromatic rings. The Morgan fingerprint density at radius 3 is 2.26 bits per heavy atom. The van der Waals surface area contributed by atoms with E-state index < -0.39 is 29.4 Å². The Morgan fingerprint density at radius 2 is 1.71 bits per heavy atom. The van der Waals surface area contributed by atoms with Crippen molar-refractivity contribution < 1.29 is 29.0 Å². The summed E-state index contributed by atoms with van der Waals surface area (Å²) >= 11 is 0. The van der Waals surface area contributed by atoms with Crippen molar-refractivity contribution in [3.05, 3.63) is 59.7 Å². The van der Waals surface area contributed by atoms with Crippen LogP contribution in [-0.2, 0) is 19.1 Å². The molecule has 0 spiro atoms. The highest BCUT2D eigenvalue weighted by Crippen LogP contribution is 2.44. The second-order valence-electron chi connectivity index (χ2n) is 9.65. The van der Waals surface area contributed by atoms with Crippen LogP contribution in [0.3, 0.4) is 0 Å². The lowest BCUT2D eigenvalue weighted by atomic mass is 9.81. The number of hydrogen-bond acceptors (Lipinski definition) is 5. The Labute approximate surface area is 205 Å². The number of ether oxygens (including phenoxy) is 2. The van der Waals surface area contributed by atoms with Crippen molar-refractivity contribution in [2.45, 2.75) is 38.6 Å². The second-order valence-corrected chi connectivity index (χ2v) is 9.65. The molecule has 3 N–H and O–H groups in total. The summed E-state index contributed by atoms with van der Waals surface area (Å²) in [4.78, 5) is 37.4. The number of alkyl carbamates (subject to hydrolysis) is 1. The normalized spacial score (nSPS) is 20.0. The molecule has 1 unspecified atom stereocenters. The van der Waals surface area contributed by atoms with Gasteiger partial charge < -0.3 is 25.2 Å². The summed E-state index contributed by atoms with van der Waals surface area (Å²) in [6.45, 7) is 4.26. The number of carboxylic acid groups (broad SMARTS) is 1. The molecule has 186 valence electrons. The van der Waals surface area contributed by atoms with E-state index in [1.54, 1.807) is 13.8 Å². The molecule has 4 rings (SSSR count). The minimum atomic E-state index is -1.09. The molecule has 2 aromatic carbocycles. The average molecular weight is 481 g/mol. The largest absolute Gasteiger partial charge is 0.480 e. The first-order valence-corrected chi connectivity index (χ1v) is 12.0. The monoisotopic (exact) mass is 480 g/mol. The Kier molecular flexibility index (Phi) is 7.40. The standard InChI is InChI=1S/C27H32N2O6/c1-17(2)23(24(30)31)29-25(32)27(12-7-13-34-16-27)15-28-26(33)35-14-22-20-10-5-3-8-18(20)19-9-4-6-11-21(19)22/h3-6,8-11,17,22-23H,7,12-16H2,1-2H3,(H,28,33)(H,29,32)(H,30,31)/t23-,27?/m0/s1. The molecule has 1 aliphatic carbocycles. The average Bonchev–Trinajstić information content (AvgIpc) is 3.18. The van der Waals surface area contributed by atoms with Gasteiger partial charge in [-0.3, -0.25) is 4.79 Å². The molecule has 1 saturated heterocycles. The van der Waals surface area contributed by atoms with Crippen molar-refractivity contribution in [1.82, 2.24) is 10.6 Å². The Bertz CT molecular complexity index is 1050. The summed E-state index contributed by atoms with van der Waals surface area (Å²) in [6.07, 6.45) is 0.495. The lowest BCUT2D eigenvalue weighted by Crippen LogP contribution is -2.57. The van der Waals surface area contributed by atoms with Gasteiger partial charge in [-0.1, -0.05) is 62.4 Å². The lowest BCUT2D eigenvalue weighted by molar-refractivity contribution is -0.148. The minimum Gasteiger partial charge on any atom is -0.480 e. The van der Waals surface area contributed by atoms with Crippen LogP contribution in [0.5, 0.6) is 0 Å². The molecule has 35 heavy (non-hydrogen) atoms. The second kappa shape index (κ2) is 10.5. The van der Waals surface area contributed by atoms with Crippen molar-refractivity contribution in [2.75, 3.05) is 26.4 Å². The van der Waals surface area contributed by atoms with Crippen molar-refractivity contribution >= 4 is 18.0 Å².